The summed E-state index contributed by atoms with van der Waals surface area (Å²) in [4.78, 5) is 21.1. The van der Waals surface area contributed by atoms with Crippen molar-refractivity contribution in [3.63, 3.8) is 0 Å². The standard InChI is InChI=1S/C11H12N2O5/c1-17-8-3-4-9(10(7-8)13(15)16)12-6-5-11(14)18-2/h3-7,12H,1-2H3/b6-5+. The number of nitro groups is 1. The molecule has 1 N–H and O–H groups in total. The third-order valence-corrected chi connectivity index (χ3v) is 2.06. The number of carbonyl (C=O) groups is 1. The summed E-state index contributed by atoms with van der Waals surface area (Å²) < 4.78 is 9.28. The van der Waals surface area contributed by atoms with E-state index in [2.05, 4.69) is 10.1 Å². The molecule has 0 aliphatic rings. The second-order valence-electron chi connectivity index (χ2n) is 3.14. The van der Waals surface area contributed by atoms with Gasteiger partial charge in [-0.2, -0.15) is 0 Å². The van der Waals surface area contributed by atoms with Crippen molar-refractivity contribution in [3.8, 4) is 5.75 Å². The minimum absolute atomic E-state index is 0.149. The van der Waals surface area contributed by atoms with Gasteiger partial charge in [-0.05, 0) is 12.1 Å². The average Bonchev–Trinajstić information content (AvgIpc) is 2.38. The molecule has 0 radical (unpaired) electrons. The zero-order valence-electron chi connectivity index (χ0n) is 9.88. The van der Waals surface area contributed by atoms with Gasteiger partial charge < -0.3 is 14.8 Å². The highest BCUT2D eigenvalue weighted by molar-refractivity contribution is 5.82. The molecular weight excluding hydrogens is 240 g/mol. The molecule has 0 heterocycles. The summed E-state index contributed by atoms with van der Waals surface area (Å²) in [7, 11) is 2.66. The SMILES string of the molecule is COC(=O)/C=C/Nc1ccc(OC)cc1[N+](=O)[O-]. The van der Waals surface area contributed by atoms with Crippen molar-refractivity contribution in [3.05, 3.63) is 40.6 Å². The molecule has 96 valence electrons. The molecule has 7 heteroatoms. The van der Waals surface area contributed by atoms with Crippen molar-refractivity contribution in [2.75, 3.05) is 19.5 Å². The lowest BCUT2D eigenvalue weighted by Gasteiger charge is -2.04. The van der Waals surface area contributed by atoms with Crippen molar-refractivity contribution in [1.29, 1.82) is 0 Å². The number of nitrogens with zero attached hydrogens (tertiary/aromatic N) is 1. The number of anilines is 1. The Hall–Kier alpha value is -2.57. The number of methoxy groups -OCH3 is 2. The predicted molar refractivity (Wildman–Crippen MR) is 64.4 cm³/mol. The largest absolute Gasteiger partial charge is 0.496 e. The van der Waals surface area contributed by atoms with Gasteiger partial charge in [0.1, 0.15) is 11.4 Å². The van der Waals surface area contributed by atoms with E-state index in [1.807, 2.05) is 0 Å². The zero-order chi connectivity index (χ0) is 13.5. The molecule has 0 aliphatic carbocycles. The highest BCUT2D eigenvalue weighted by Crippen LogP contribution is 2.28. The smallest absolute Gasteiger partial charge is 0.331 e. The molecule has 0 fully saturated rings. The van der Waals surface area contributed by atoms with Gasteiger partial charge in [-0.3, -0.25) is 10.1 Å². The first-order chi connectivity index (χ1) is 8.58. The summed E-state index contributed by atoms with van der Waals surface area (Å²) in [6.45, 7) is 0. The molecule has 0 saturated heterocycles. The monoisotopic (exact) mass is 252 g/mol. The van der Waals surface area contributed by atoms with Crippen LogP contribution in [0.3, 0.4) is 0 Å². The topological polar surface area (TPSA) is 90.7 Å². The Morgan fingerprint density at radius 3 is 2.72 bits per heavy atom. The van der Waals surface area contributed by atoms with Crippen LogP contribution in [0.15, 0.2) is 30.5 Å². The zero-order valence-corrected chi connectivity index (χ0v) is 9.88. The van der Waals surface area contributed by atoms with Crippen LogP contribution in [0.25, 0.3) is 0 Å². The second-order valence-corrected chi connectivity index (χ2v) is 3.14. The van der Waals surface area contributed by atoms with Gasteiger partial charge in [0.25, 0.3) is 5.69 Å². The number of nitro benzene ring substituents is 1. The van der Waals surface area contributed by atoms with Crippen LogP contribution in [-0.4, -0.2) is 25.1 Å². The summed E-state index contributed by atoms with van der Waals surface area (Å²) in [5.74, 6) is -0.178. The van der Waals surface area contributed by atoms with E-state index in [-0.39, 0.29) is 11.4 Å². The molecule has 0 unspecified atom stereocenters. The molecule has 7 nitrogen and oxygen atoms in total. The van der Waals surface area contributed by atoms with Crippen LogP contribution >= 0.6 is 0 Å². The lowest BCUT2D eigenvalue weighted by Crippen LogP contribution is -1.99. The Kier molecular flexibility index (Phi) is 4.67. The van der Waals surface area contributed by atoms with E-state index in [4.69, 9.17) is 4.74 Å². The highest BCUT2D eigenvalue weighted by Gasteiger charge is 2.14. The van der Waals surface area contributed by atoms with Crippen LogP contribution in [0.5, 0.6) is 5.75 Å². The number of carbonyl (C=O) groups excluding carboxylic acids is 1. The summed E-state index contributed by atoms with van der Waals surface area (Å²) in [5.41, 5.74) is 0.102. The van der Waals surface area contributed by atoms with E-state index in [9.17, 15) is 14.9 Å². The molecule has 0 atom stereocenters. The molecule has 0 aromatic heterocycles. The fourth-order valence-electron chi connectivity index (χ4n) is 1.18. The molecule has 0 saturated carbocycles. The van der Waals surface area contributed by atoms with Gasteiger partial charge in [0, 0.05) is 12.3 Å². The second kappa shape index (κ2) is 6.24. The first kappa shape index (κ1) is 13.5. The fourth-order valence-corrected chi connectivity index (χ4v) is 1.18. The number of rotatable bonds is 5. The van der Waals surface area contributed by atoms with Crippen LogP contribution in [0.4, 0.5) is 11.4 Å². The van der Waals surface area contributed by atoms with Crippen molar-refractivity contribution < 1.29 is 19.2 Å². The molecule has 1 rings (SSSR count). The van der Waals surface area contributed by atoms with E-state index >= 15 is 0 Å². The Morgan fingerprint density at radius 2 is 2.17 bits per heavy atom. The highest BCUT2D eigenvalue weighted by atomic mass is 16.6. The van der Waals surface area contributed by atoms with Gasteiger partial charge in [0.15, 0.2) is 0 Å². The molecule has 1 aromatic rings. The third-order valence-electron chi connectivity index (χ3n) is 2.06. The van der Waals surface area contributed by atoms with Gasteiger partial charge in [0.05, 0.1) is 25.2 Å². The van der Waals surface area contributed by atoms with Gasteiger partial charge >= 0.3 is 5.97 Å². The van der Waals surface area contributed by atoms with E-state index in [0.717, 1.165) is 6.08 Å². The van der Waals surface area contributed by atoms with Crippen LogP contribution in [0.1, 0.15) is 0 Å². The fraction of sp³-hybridized carbons (Fsp3) is 0.182. The number of hydrogen-bond donors (Lipinski definition) is 1. The van der Waals surface area contributed by atoms with Gasteiger partial charge in [-0.15, -0.1) is 0 Å². The Balaban J connectivity index is 2.91. The van der Waals surface area contributed by atoms with E-state index in [1.165, 1.54) is 32.6 Å². The lowest BCUT2D eigenvalue weighted by molar-refractivity contribution is -0.384. The number of ether oxygens (including phenoxy) is 2. The number of benzene rings is 1. The minimum Gasteiger partial charge on any atom is -0.496 e. The number of nitrogens with one attached hydrogen (secondary N) is 1. The van der Waals surface area contributed by atoms with Crippen molar-refractivity contribution in [2.24, 2.45) is 0 Å². The van der Waals surface area contributed by atoms with Crippen molar-refractivity contribution >= 4 is 17.3 Å². The Bertz CT molecular complexity index is 484. The summed E-state index contributed by atoms with van der Waals surface area (Å²) in [5, 5.41) is 13.5. The Morgan fingerprint density at radius 1 is 1.44 bits per heavy atom. The normalized spacial score (nSPS) is 10.1. The van der Waals surface area contributed by atoms with Crippen molar-refractivity contribution in [2.45, 2.75) is 0 Å². The van der Waals surface area contributed by atoms with Crippen LogP contribution in [0, 0.1) is 10.1 Å². The van der Waals surface area contributed by atoms with Gasteiger partial charge in [-0.25, -0.2) is 4.79 Å². The maximum Gasteiger partial charge on any atom is 0.331 e. The molecule has 0 amide bonds. The van der Waals surface area contributed by atoms with E-state index in [1.54, 1.807) is 6.07 Å². The quantitative estimate of drug-likeness (QED) is 0.371. The van der Waals surface area contributed by atoms with E-state index in [0.29, 0.717) is 5.75 Å². The van der Waals surface area contributed by atoms with Crippen LogP contribution in [-0.2, 0) is 9.53 Å². The number of esters is 1. The lowest BCUT2D eigenvalue weighted by atomic mass is 10.2. The molecule has 18 heavy (non-hydrogen) atoms. The minimum atomic E-state index is -0.557. The predicted octanol–water partition coefficient (Wildman–Crippen LogP) is 1.70. The van der Waals surface area contributed by atoms with Gasteiger partial charge in [0.2, 0.25) is 0 Å². The summed E-state index contributed by atoms with van der Waals surface area (Å²) in [6, 6.07) is 4.34. The first-order valence-electron chi connectivity index (χ1n) is 4.92. The van der Waals surface area contributed by atoms with E-state index < -0.39 is 10.9 Å². The average molecular weight is 252 g/mol. The Labute approximate surface area is 103 Å². The van der Waals surface area contributed by atoms with Gasteiger partial charge in [-0.1, -0.05) is 0 Å². The molecule has 0 bridgehead atoms. The molecular formula is C11H12N2O5. The molecule has 0 spiro atoms. The van der Waals surface area contributed by atoms with Crippen LogP contribution < -0.4 is 10.1 Å². The number of hydrogen-bond acceptors (Lipinski definition) is 6. The molecule has 1 aromatic carbocycles. The summed E-state index contributed by atoms with van der Waals surface area (Å²) in [6.07, 6.45) is 2.38. The summed E-state index contributed by atoms with van der Waals surface area (Å²) >= 11 is 0. The molecule has 0 aliphatic heterocycles. The first-order valence-corrected chi connectivity index (χ1v) is 4.92. The maximum absolute atomic E-state index is 10.8. The maximum atomic E-state index is 10.8. The van der Waals surface area contributed by atoms with Crippen molar-refractivity contribution in [1.82, 2.24) is 0 Å². The van der Waals surface area contributed by atoms with Crippen LogP contribution in [0.2, 0.25) is 0 Å². The third kappa shape index (κ3) is 3.48.